The fourth-order valence-corrected chi connectivity index (χ4v) is 2.35. The van der Waals surface area contributed by atoms with Gasteiger partial charge >= 0.3 is 5.97 Å². The number of anilines is 1. The van der Waals surface area contributed by atoms with Crippen LogP contribution in [0.3, 0.4) is 0 Å². The van der Waals surface area contributed by atoms with Gasteiger partial charge in [-0.25, -0.2) is 0 Å². The average molecular weight is 318 g/mol. The summed E-state index contributed by atoms with van der Waals surface area (Å²) in [5.41, 5.74) is 0.403. The molecule has 0 aliphatic heterocycles. The summed E-state index contributed by atoms with van der Waals surface area (Å²) in [6, 6.07) is 7.01. The zero-order valence-corrected chi connectivity index (χ0v) is 13.4. The molecule has 1 fully saturated rings. The van der Waals surface area contributed by atoms with Gasteiger partial charge in [-0.3, -0.25) is 14.4 Å². The maximum atomic E-state index is 12.1. The Kier molecular flexibility index (Phi) is 5.03. The van der Waals surface area contributed by atoms with E-state index in [0.717, 1.165) is 12.8 Å². The number of carboxylic acids is 1. The van der Waals surface area contributed by atoms with Crippen LogP contribution in [0.4, 0.5) is 5.69 Å². The lowest BCUT2D eigenvalue weighted by Gasteiger charge is -2.21. The number of rotatable bonds is 7. The molecule has 1 aliphatic carbocycles. The highest BCUT2D eigenvalue weighted by molar-refractivity contribution is 5.97. The van der Waals surface area contributed by atoms with Gasteiger partial charge in [-0.1, -0.05) is 19.9 Å². The molecular formula is C17H22N2O4. The van der Waals surface area contributed by atoms with Crippen molar-refractivity contribution in [2.24, 2.45) is 5.41 Å². The van der Waals surface area contributed by atoms with Gasteiger partial charge in [0.15, 0.2) is 0 Å². The van der Waals surface area contributed by atoms with Crippen molar-refractivity contribution < 1.29 is 19.5 Å². The molecule has 124 valence electrons. The molecule has 0 radical (unpaired) electrons. The molecule has 2 rings (SSSR count). The van der Waals surface area contributed by atoms with Crippen molar-refractivity contribution in [2.75, 3.05) is 5.32 Å². The van der Waals surface area contributed by atoms with Gasteiger partial charge in [0.05, 0.1) is 6.42 Å². The Labute approximate surface area is 135 Å². The van der Waals surface area contributed by atoms with Crippen LogP contribution in [-0.2, 0) is 9.59 Å². The van der Waals surface area contributed by atoms with Crippen molar-refractivity contribution in [3.05, 3.63) is 29.8 Å². The molecule has 0 unspecified atom stereocenters. The fraction of sp³-hybridized carbons (Fsp3) is 0.471. The number of hydrogen-bond acceptors (Lipinski definition) is 3. The minimum absolute atomic E-state index is 0.0791. The number of hydrogen-bond donors (Lipinski definition) is 3. The summed E-state index contributed by atoms with van der Waals surface area (Å²) in [4.78, 5) is 34.9. The third-order valence-corrected chi connectivity index (χ3v) is 3.59. The summed E-state index contributed by atoms with van der Waals surface area (Å²) in [7, 11) is 0. The van der Waals surface area contributed by atoms with Crippen LogP contribution in [0.1, 0.15) is 49.9 Å². The summed E-state index contributed by atoms with van der Waals surface area (Å²) in [5, 5.41) is 14.5. The van der Waals surface area contributed by atoms with E-state index in [-0.39, 0.29) is 30.7 Å². The molecule has 1 aromatic carbocycles. The second-order valence-electron chi connectivity index (χ2n) is 6.79. The number of carbonyl (C=O) groups is 3. The van der Waals surface area contributed by atoms with Gasteiger partial charge in [-0.2, -0.15) is 0 Å². The molecule has 1 saturated carbocycles. The van der Waals surface area contributed by atoms with Gasteiger partial charge in [0.1, 0.15) is 0 Å². The maximum absolute atomic E-state index is 12.1. The van der Waals surface area contributed by atoms with Crippen molar-refractivity contribution >= 4 is 23.5 Å². The van der Waals surface area contributed by atoms with E-state index in [1.165, 1.54) is 0 Å². The lowest BCUT2D eigenvalue weighted by molar-refractivity contribution is -0.139. The van der Waals surface area contributed by atoms with Crippen LogP contribution in [0.2, 0.25) is 0 Å². The molecule has 0 atom stereocenters. The quantitative estimate of drug-likeness (QED) is 0.719. The molecule has 6 heteroatoms. The molecule has 1 aromatic rings. The highest BCUT2D eigenvalue weighted by atomic mass is 16.4. The Morgan fingerprint density at radius 1 is 1.22 bits per heavy atom. The third-order valence-electron chi connectivity index (χ3n) is 3.59. The van der Waals surface area contributed by atoms with E-state index >= 15 is 0 Å². The molecular weight excluding hydrogens is 296 g/mol. The molecule has 23 heavy (non-hydrogen) atoms. The van der Waals surface area contributed by atoms with E-state index < -0.39 is 11.4 Å². The first-order valence-corrected chi connectivity index (χ1v) is 7.68. The predicted molar refractivity (Wildman–Crippen MR) is 86.2 cm³/mol. The number of aliphatic carboxylic acids is 1. The number of amides is 2. The third kappa shape index (κ3) is 5.73. The summed E-state index contributed by atoms with van der Waals surface area (Å²) in [5.74, 6) is -1.34. The summed E-state index contributed by atoms with van der Waals surface area (Å²) in [6.45, 7) is 3.47. The van der Waals surface area contributed by atoms with Crippen LogP contribution in [0, 0.1) is 5.41 Å². The van der Waals surface area contributed by atoms with Crippen molar-refractivity contribution in [3.63, 3.8) is 0 Å². The minimum Gasteiger partial charge on any atom is -0.481 e. The highest BCUT2D eigenvalue weighted by Gasteiger charge is 2.26. The number of benzene rings is 1. The van der Waals surface area contributed by atoms with Crippen LogP contribution >= 0.6 is 0 Å². The first kappa shape index (κ1) is 17.0. The molecule has 0 bridgehead atoms. The van der Waals surface area contributed by atoms with Crippen LogP contribution in [0.15, 0.2) is 24.3 Å². The highest BCUT2D eigenvalue weighted by Crippen LogP contribution is 2.26. The Balaban J connectivity index is 1.95. The van der Waals surface area contributed by atoms with E-state index in [1.807, 2.05) is 0 Å². The van der Waals surface area contributed by atoms with E-state index in [0.29, 0.717) is 11.3 Å². The van der Waals surface area contributed by atoms with E-state index in [2.05, 4.69) is 10.6 Å². The maximum Gasteiger partial charge on any atom is 0.303 e. The van der Waals surface area contributed by atoms with Gasteiger partial charge in [0.2, 0.25) is 5.91 Å². The topological polar surface area (TPSA) is 95.5 Å². The van der Waals surface area contributed by atoms with E-state index in [9.17, 15) is 14.4 Å². The Morgan fingerprint density at radius 3 is 2.52 bits per heavy atom. The molecule has 2 amide bonds. The zero-order valence-electron chi connectivity index (χ0n) is 13.4. The van der Waals surface area contributed by atoms with Crippen LogP contribution < -0.4 is 10.6 Å². The average Bonchev–Trinajstić information content (AvgIpc) is 3.20. The van der Waals surface area contributed by atoms with Gasteiger partial charge in [0.25, 0.3) is 5.91 Å². The molecule has 0 heterocycles. The first-order valence-electron chi connectivity index (χ1n) is 7.68. The van der Waals surface area contributed by atoms with Crippen LogP contribution in [0.25, 0.3) is 0 Å². The molecule has 1 aliphatic rings. The summed E-state index contributed by atoms with van der Waals surface area (Å²) in [6.07, 6.45) is 2.05. The molecule has 6 nitrogen and oxygen atoms in total. The summed E-state index contributed by atoms with van der Waals surface area (Å²) < 4.78 is 0. The lowest BCUT2D eigenvalue weighted by Crippen LogP contribution is -2.26. The lowest BCUT2D eigenvalue weighted by atomic mass is 9.85. The Morgan fingerprint density at radius 2 is 1.91 bits per heavy atom. The second kappa shape index (κ2) is 6.81. The Bertz CT molecular complexity index is 621. The smallest absolute Gasteiger partial charge is 0.303 e. The largest absolute Gasteiger partial charge is 0.481 e. The number of carboxylic acid groups (broad SMARTS) is 1. The second-order valence-corrected chi connectivity index (χ2v) is 6.79. The van der Waals surface area contributed by atoms with Gasteiger partial charge in [0, 0.05) is 23.7 Å². The normalized spacial score (nSPS) is 14.2. The van der Waals surface area contributed by atoms with Gasteiger partial charge in [-0.15, -0.1) is 0 Å². The van der Waals surface area contributed by atoms with Crippen LogP contribution in [-0.4, -0.2) is 28.9 Å². The molecule has 0 saturated heterocycles. The molecule has 0 spiro atoms. The summed E-state index contributed by atoms with van der Waals surface area (Å²) >= 11 is 0. The number of carbonyl (C=O) groups excluding carboxylic acids is 2. The van der Waals surface area contributed by atoms with E-state index in [1.54, 1.807) is 38.1 Å². The Hall–Kier alpha value is -2.37. The van der Waals surface area contributed by atoms with Gasteiger partial charge in [-0.05, 0) is 36.5 Å². The minimum atomic E-state index is -0.929. The predicted octanol–water partition coefficient (Wildman–Crippen LogP) is 2.41. The van der Waals surface area contributed by atoms with Crippen molar-refractivity contribution in [3.8, 4) is 0 Å². The molecule has 0 aromatic heterocycles. The fourth-order valence-electron chi connectivity index (χ4n) is 2.35. The van der Waals surface area contributed by atoms with Crippen molar-refractivity contribution in [1.82, 2.24) is 5.32 Å². The van der Waals surface area contributed by atoms with Crippen molar-refractivity contribution in [2.45, 2.75) is 45.6 Å². The van der Waals surface area contributed by atoms with Crippen molar-refractivity contribution in [1.29, 1.82) is 0 Å². The molecule has 3 N–H and O–H groups in total. The first-order chi connectivity index (χ1) is 10.7. The zero-order chi connectivity index (χ0) is 17.0. The van der Waals surface area contributed by atoms with E-state index in [4.69, 9.17) is 5.11 Å². The number of nitrogens with one attached hydrogen (secondary N) is 2. The SMILES string of the molecule is CC(C)(CC(=O)O)CC(=O)Nc1cccc(C(=O)NC2CC2)c1. The van der Waals surface area contributed by atoms with Crippen LogP contribution in [0.5, 0.6) is 0 Å². The standard InChI is InChI=1S/C17H22N2O4/c1-17(2,10-15(21)22)9-14(20)18-13-5-3-4-11(8-13)16(23)19-12-6-7-12/h3-5,8,12H,6-7,9-10H2,1-2H3,(H,18,20)(H,19,23)(H,21,22). The van der Waals surface area contributed by atoms with Gasteiger partial charge < -0.3 is 15.7 Å². The monoisotopic (exact) mass is 318 g/mol.